The molecule has 0 saturated heterocycles. The van der Waals surface area contributed by atoms with Gasteiger partial charge in [-0.15, -0.1) is 0 Å². The van der Waals surface area contributed by atoms with Gasteiger partial charge < -0.3 is 15.1 Å². The molecule has 0 saturated carbocycles. The lowest BCUT2D eigenvalue weighted by molar-refractivity contribution is 0.0627. The van der Waals surface area contributed by atoms with E-state index in [9.17, 15) is 18.4 Å². The Balaban J connectivity index is 1.96. The first-order valence-electron chi connectivity index (χ1n) is 11.5. The third-order valence-electron chi connectivity index (χ3n) is 6.04. The summed E-state index contributed by atoms with van der Waals surface area (Å²) in [7, 11) is 3.79. The molecule has 0 radical (unpaired) electrons. The maximum Gasteiger partial charge on any atom is 0.255 e. The average Bonchev–Trinajstić information content (AvgIpc) is 2.81. The average molecular weight is 480 g/mol. The van der Waals surface area contributed by atoms with Gasteiger partial charge in [-0.2, -0.15) is 0 Å². The van der Waals surface area contributed by atoms with Crippen molar-refractivity contribution in [2.75, 3.05) is 24.3 Å². The van der Waals surface area contributed by atoms with E-state index in [1.807, 2.05) is 51.9 Å². The Labute approximate surface area is 205 Å². The molecule has 1 atom stereocenters. The minimum absolute atomic E-state index is 0.133. The zero-order chi connectivity index (χ0) is 25.7. The van der Waals surface area contributed by atoms with Gasteiger partial charge in [0, 0.05) is 49.2 Å². The third-order valence-corrected chi connectivity index (χ3v) is 6.04. The standard InChI is InChI=1S/C28H31F2N3O2/c1-18(2)19(3)33(28(35)21-9-7-11-24(30)15-21)17-22-16-25(12-13-26(22)32(4)5)31-27(34)20-8-6-10-23(29)14-20/h6-16,18-19H,17H2,1-5H3,(H,31,34). The zero-order valence-electron chi connectivity index (χ0n) is 20.7. The number of anilines is 2. The second-order valence-electron chi connectivity index (χ2n) is 9.13. The number of halogens is 2. The second-order valence-corrected chi connectivity index (χ2v) is 9.13. The molecule has 5 nitrogen and oxygen atoms in total. The molecular formula is C28H31F2N3O2. The summed E-state index contributed by atoms with van der Waals surface area (Å²) >= 11 is 0. The van der Waals surface area contributed by atoms with Crippen molar-refractivity contribution in [3.8, 4) is 0 Å². The van der Waals surface area contributed by atoms with Crippen molar-refractivity contribution in [1.29, 1.82) is 0 Å². The third kappa shape index (κ3) is 6.44. The van der Waals surface area contributed by atoms with Crippen molar-refractivity contribution in [1.82, 2.24) is 4.90 Å². The summed E-state index contributed by atoms with van der Waals surface area (Å²) in [5, 5.41) is 2.81. The van der Waals surface area contributed by atoms with Crippen LogP contribution >= 0.6 is 0 Å². The summed E-state index contributed by atoms with van der Waals surface area (Å²) in [5.41, 5.74) is 2.69. The van der Waals surface area contributed by atoms with Crippen LogP contribution in [0.2, 0.25) is 0 Å². The van der Waals surface area contributed by atoms with Crippen LogP contribution in [-0.4, -0.2) is 36.9 Å². The van der Waals surface area contributed by atoms with Crippen molar-refractivity contribution in [3.05, 3.63) is 95.1 Å². The SMILES string of the molecule is CC(C)C(C)N(Cc1cc(NC(=O)c2cccc(F)c2)ccc1N(C)C)C(=O)c1cccc(F)c1. The maximum absolute atomic E-state index is 13.8. The normalized spacial score (nSPS) is 11.8. The molecule has 0 aromatic heterocycles. The van der Waals surface area contributed by atoms with E-state index in [2.05, 4.69) is 5.32 Å². The van der Waals surface area contributed by atoms with Crippen molar-refractivity contribution in [2.45, 2.75) is 33.4 Å². The predicted molar refractivity (Wildman–Crippen MR) is 136 cm³/mol. The highest BCUT2D eigenvalue weighted by molar-refractivity contribution is 6.04. The molecule has 0 fully saturated rings. The van der Waals surface area contributed by atoms with Gasteiger partial charge in [-0.1, -0.05) is 26.0 Å². The highest BCUT2D eigenvalue weighted by Crippen LogP contribution is 2.27. The Morgan fingerprint density at radius 2 is 1.46 bits per heavy atom. The van der Waals surface area contributed by atoms with Gasteiger partial charge in [0.05, 0.1) is 0 Å². The number of rotatable bonds is 8. The Bertz CT molecular complexity index is 1210. The number of nitrogens with one attached hydrogen (secondary N) is 1. The van der Waals surface area contributed by atoms with Gasteiger partial charge in [-0.25, -0.2) is 8.78 Å². The van der Waals surface area contributed by atoms with Gasteiger partial charge >= 0.3 is 0 Å². The van der Waals surface area contributed by atoms with Crippen LogP contribution in [0.1, 0.15) is 47.1 Å². The van der Waals surface area contributed by atoms with Gasteiger partial charge in [0.2, 0.25) is 0 Å². The molecule has 1 unspecified atom stereocenters. The lowest BCUT2D eigenvalue weighted by Gasteiger charge is -2.33. The van der Waals surface area contributed by atoms with Crippen molar-refractivity contribution in [3.63, 3.8) is 0 Å². The topological polar surface area (TPSA) is 52.7 Å². The summed E-state index contributed by atoms with van der Waals surface area (Å²) in [6, 6.07) is 16.5. The summed E-state index contributed by atoms with van der Waals surface area (Å²) in [6.07, 6.45) is 0. The van der Waals surface area contributed by atoms with E-state index in [0.29, 0.717) is 5.69 Å². The number of carbonyl (C=O) groups excluding carboxylic acids is 2. The fraction of sp³-hybridized carbons (Fsp3) is 0.286. The monoisotopic (exact) mass is 479 g/mol. The molecule has 35 heavy (non-hydrogen) atoms. The molecule has 0 spiro atoms. The van der Waals surface area contributed by atoms with Crippen LogP contribution in [0.15, 0.2) is 66.7 Å². The fourth-order valence-corrected chi connectivity index (χ4v) is 3.79. The molecule has 3 aromatic carbocycles. The Morgan fingerprint density at radius 3 is 2.03 bits per heavy atom. The highest BCUT2D eigenvalue weighted by Gasteiger charge is 2.25. The van der Waals surface area contributed by atoms with E-state index in [1.165, 1.54) is 42.5 Å². The largest absolute Gasteiger partial charge is 0.377 e. The molecule has 3 rings (SSSR count). The van der Waals surface area contributed by atoms with Gasteiger partial charge in [-0.3, -0.25) is 9.59 Å². The number of amides is 2. The van der Waals surface area contributed by atoms with Crippen molar-refractivity contribution >= 4 is 23.2 Å². The van der Waals surface area contributed by atoms with Crippen LogP contribution in [0, 0.1) is 17.6 Å². The van der Waals surface area contributed by atoms with E-state index in [1.54, 1.807) is 17.0 Å². The number of carbonyl (C=O) groups is 2. The zero-order valence-corrected chi connectivity index (χ0v) is 20.7. The minimum atomic E-state index is -0.490. The Kier molecular flexibility index (Phi) is 8.22. The molecule has 1 N–H and O–H groups in total. The molecule has 2 amide bonds. The number of nitrogens with zero attached hydrogens (tertiary/aromatic N) is 2. The van der Waals surface area contributed by atoms with Crippen molar-refractivity contribution < 1.29 is 18.4 Å². The van der Waals surface area contributed by atoms with E-state index >= 15 is 0 Å². The van der Waals surface area contributed by atoms with Crippen LogP contribution in [-0.2, 0) is 6.54 Å². The van der Waals surface area contributed by atoms with Gasteiger partial charge in [0.15, 0.2) is 0 Å². The van der Waals surface area contributed by atoms with Crippen LogP contribution in [0.5, 0.6) is 0 Å². The van der Waals surface area contributed by atoms with Gasteiger partial charge in [-0.05, 0) is 73.0 Å². The van der Waals surface area contributed by atoms with E-state index in [-0.39, 0.29) is 35.5 Å². The first kappa shape index (κ1) is 25.9. The summed E-state index contributed by atoms with van der Waals surface area (Å²) in [5.74, 6) is -1.51. The number of hydrogen-bond donors (Lipinski definition) is 1. The van der Waals surface area contributed by atoms with Gasteiger partial charge in [0.1, 0.15) is 11.6 Å². The van der Waals surface area contributed by atoms with E-state index in [0.717, 1.165) is 11.3 Å². The van der Waals surface area contributed by atoms with E-state index < -0.39 is 17.5 Å². The molecule has 7 heteroatoms. The van der Waals surface area contributed by atoms with E-state index in [4.69, 9.17) is 0 Å². The quantitative estimate of drug-likeness (QED) is 0.433. The molecule has 3 aromatic rings. The van der Waals surface area contributed by atoms with Crippen LogP contribution in [0.25, 0.3) is 0 Å². The maximum atomic E-state index is 13.8. The summed E-state index contributed by atoms with van der Waals surface area (Å²) in [4.78, 5) is 29.8. The predicted octanol–water partition coefficient (Wildman–Crippen LogP) is 5.97. The highest BCUT2D eigenvalue weighted by atomic mass is 19.1. The Morgan fingerprint density at radius 1 is 0.857 bits per heavy atom. The molecule has 0 aliphatic heterocycles. The molecule has 0 heterocycles. The van der Waals surface area contributed by atoms with Gasteiger partial charge in [0.25, 0.3) is 11.8 Å². The lowest BCUT2D eigenvalue weighted by Crippen LogP contribution is -2.41. The lowest BCUT2D eigenvalue weighted by atomic mass is 10.0. The number of benzene rings is 3. The number of hydrogen-bond acceptors (Lipinski definition) is 3. The van der Waals surface area contributed by atoms with Crippen LogP contribution < -0.4 is 10.2 Å². The first-order chi connectivity index (χ1) is 16.6. The molecular weight excluding hydrogens is 448 g/mol. The van der Waals surface area contributed by atoms with Crippen LogP contribution in [0.3, 0.4) is 0 Å². The Hall–Kier alpha value is -3.74. The molecule has 184 valence electrons. The summed E-state index contributed by atoms with van der Waals surface area (Å²) < 4.78 is 27.4. The fourth-order valence-electron chi connectivity index (χ4n) is 3.79. The van der Waals surface area contributed by atoms with Crippen molar-refractivity contribution in [2.24, 2.45) is 5.92 Å². The first-order valence-corrected chi connectivity index (χ1v) is 11.5. The molecule has 0 bridgehead atoms. The minimum Gasteiger partial charge on any atom is -0.377 e. The molecule has 0 aliphatic rings. The molecule has 0 aliphatic carbocycles. The smallest absolute Gasteiger partial charge is 0.255 e. The van der Waals surface area contributed by atoms with Crippen LogP contribution in [0.4, 0.5) is 20.2 Å². The second kappa shape index (κ2) is 11.1. The summed E-state index contributed by atoms with van der Waals surface area (Å²) in [6.45, 7) is 6.27.